The van der Waals surface area contributed by atoms with E-state index in [4.69, 9.17) is 9.47 Å². The van der Waals surface area contributed by atoms with Crippen LogP contribution in [-0.2, 0) is 14.3 Å². The van der Waals surface area contributed by atoms with Gasteiger partial charge in [0, 0.05) is 12.0 Å². The Hall–Kier alpha value is -3.45. The Morgan fingerprint density at radius 1 is 1.07 bits per heavy atom. The van der Waals surface area contributed by atoms with Gasteiger partial charge < -0.3 is 14.6 Å². The number of imide groups is 1. The molecule has 7 heteroatoms. The fourth-order valence-electron chi connectivity index (χ4n) is 7.34. The van der Waals surface area contributed by atoms with Crippen molar-refractivity contribution in [3.8, 4) is 11.5 Å². The topological polar surface area (TPSA) is 76.1 Å². The van der Waals surface area contributed by atoms with Gasteiger partial charge in [-0.15, -0.1) is 0 Å². The standard InChI is InChI=1S/C34H38FNO5/c1-21(16-22-13-14-29(37)28(35)17-22)12-15-30-31-23(19-40-25-10-6-3-7-11-25)18-26-32(27(31)20-41-30)34(39)36(33(26)38)24-8-4-2-5-9-24/h3,6-7,10-11,13-14,16-17,24,26-27,30,32,37H,2,4-5,8-9,12,15,18-20H2,1H3/b21-16+/t26-,27+,30-,32-/m1/s1. The lowest BCUT2D eigenvalue weighted by atomic mass is 9.69. The van der Waals surface area contributed by atoms with Gasteiger partial charge in [-0.3, -0.25) is 14.5 Å². The van der Waals surface area contributed by atoms with Gasteiger partial charge in [-0.25, -0.2) is 4.39 Å². The summed E-state index contributed by atoms with van der Waals surface area (Å²) in [6.07, 6.45) is 8.83. The summed E-state index contributed by atoms with van der Waals surface area (Å²) in [7, 11) is 0. The molecule has 2 aromatic carbocycles. The summed E-state index contributed by atoms with van der Waals surface area (Å²) < 4.78 is 26.4. The van der Waals surface area contributed by atoms with E-state index in [0.29, 0.717) is 25.2 Å². The number of rotatable bonds is 8. The molecule has 3 fully saturated rings. The molecule has 2 aliphatic carbocycles. The van der Waals surface area contributed by atoms with E-state index in [2.05, 4.69) is 0 Å². The Balaban J connectivity index is 1.24. The fraction of sp³-hybridized carbons (Fsp3) is 0.471. The molecule has 2 aromatic rings. The van der Waals surface area contributed by atoms with Gasteiger partial charge in [0.25, 0.3) is 0 Å². The summed E-state index contributed by atoms with van der Waals surface area (Å²) in [4.78, 5) is 29.2. The molecule has 1 saturated carbocycles. The van der Waals surface area contributed by atoms with Gasteiger partial charge in [-0.05, 0) is 80.0 Å². The molecule has 2 amide bonds. The molecule has 4 aliphatic rings. The largest absolute Gasteiger partial charge is 0.505 e. The van der Waals surface area contributed by atoms with E-state index in [0.717, 1.165) is 61.0 Å². The maximum atomic E-state index is 13.8. The predicted octanol–water partition coefficient (Wildman–Crippen LogP) is 6.44. The molecule has 6 rings (SSSR count). The highest BCUT2D eigenvalue weighted by atomic mass is 19.1. The number of hydrogen-bond donors (Lipinski definition) is 1. The number of carbonyl (C=O) groups is 2. The van der Waals surface area contributed by atoms with Crippen molar-refractivity contribution in [1.29, 1.82) is 0 Å². The van der Waals surface area contributed by atoms with Gasteiger partial charge in [0.05, 0.1) is 24.5 Å². The van der Waals surface area contributed by atoms with Crippen LogP contribution in [0.3, 0.4) is 0 Å². The first kappa shape index (κ1) is 27.7. The Labute approximate surface area is 240 Å². The molecule has 0 spiro atoms. The molecule has 2 aliphatic heterocycles. The third kappa shape index (κ3) is 5.56. The minimum Gasteiger partial charge on any atom is -0.505 e. The first-order valence-corrected chi connectivity index (χ1v) is 14.9. The molecule has 41 heavy (non-hydrogen) atoms. The Morgan fingerprint density at radius 3 is 2.61 bits per heavy atom. The van der Waals surface area contributed by atoms with Crippen LogP contribution >= 0.6 is 0 Å². The zero-order chi connectivity index (χ0) is 28.5. The number of likely N-dealkylation sites (tertiary alicyclic amines) is 1. The summed E-state index contributed by atoms with van der Waals surface area (Å²) in [6.45, 7) is 2.80. The number of halogens is 1. The van der Waals surface area contributed by atoms with Gasteiger partial charge in [-0.1, -0.05) is 55.2 Å². The number of phenols is 1. The quantitative estimate of drug-likeness (QED) is 0.298. The maximum absolute atomic E-state index is 13.8. The second-order valence-corrected chi connectivity index (χ2v) is 12.0. The first-order valence-electron chi connectivity index (χ1n) is 14.9. The van der Waals surface area contributed by atoms with E-state index >= 15 is 0 Å². The molecule has 0 radical (unpaired) electrons. The van der Waals surface area contributed by atoms with Gasteiger partial charge >= 0.3 is 0 Å². The molecule has 4 atom stereocenters. The number of amides is 2. The van der Waals surface area contributed by atoms with Crippen LogP contribution < -0.4 is 4.74 Å². The normalized spacial score (nSPS) is 26.9. The summed E-state index contributed by atoms with van der Waals surface area (Å²) in [5.74, 6) is -1.07. The molecular weight excluding hydrogens is 521 g/mol. The third-order valence-electron chi connectivity index (χ3n) is 9.32. The van der Waals surface area contributed by atoms with Crippen molar-refractivity contribution >= 4 is 17.9 Å². The van der Waals surface area contributed by atoms with E-state index < -0.39 is 5.82 Å². The number of hydrogen-bond acceptors (Lipinski definition) is 5. The van der Waals surface area contributed by atoms with Crippen LogP contribution in [0.2, 0.25) is 0 Å². The van der Waals surface area contributed by atoms with Crippen LogP contribution in [0.25, 0.3) is 6.08 Å². The number of aromatic hydroxyl groups is 1. The zero-order valence-corrected chi connectivity index (χ0v) is 23.6. The average molecular weight is 560 g/mol. The second-order valence-electron chi connectivity index (χ2n) is 12.0. The van der Waals surface area contributed by atoms with Crippen molar-refractivity contribution in [2.75, 3.05) is 13.2 Å². The molecule has 2 heterocycles. The third-order valence-corrected chi connectivity index (χ3v) is 9.32. The van der Waals surface area contributed by atoms with Crippen molar-refractivity contribution in [3.05, 3.63) is 76.6 Å². The highest BCUT2D eigenvalue weighted by molar-refractivity contribution is 6.06. The van der Waals surface area contributed by atoms with Gasteiger partial charge in [0.15, 0.2) is 11.6 Å². The minimum atomic E-state index is -0.642. The smallest absolute Gasteiger partial charge is 0.234 e. The van der Waals surface area contributed by atoms with Crippen molar-refractivity contribution in [3.63, 3.8) is 0 Å². The molecular formula is C34H38FNO5. The number of fused-ring (bicyclic) bond motifs is 3. The molecule has 0 unspecified atom stereocenters. The number of para-hydroxylation sites is 1. The van der Waals surface area contributed by atoms with E-state index in [1.165, 1.54) is 18.6 Å². The lowest BCUT2D eigenvalue weighted by Gasteiger charge is -2.32. The number of carbonyl (C=O) groups excluding carboxylic acids is 2. The Bertz CT molecular complexity index is 1360. The molecule has 0 aromatic heterocycles. The zero-order valence-electron chi connectivity index (χ0n) is 23.6. The molecule has 2 saturated heterocycles. The van der Waals surface area contributed by atoms with Crippen LogP contribution in [0.5, 0.6) is 11.5 Å². The maximum Gasteiger partial charge on any atom is 0.234 e. The molecule has 1 N–H and O–H groups in total. The lowest BCUT2D eigenvalue weighted by molar-refractivity contribution is -0.143. The summed E-state index contributed by atoms with van der Waals surface area (Å²) in [5, 5.41) is 9.49. The highest BCUT2D eigenvalue weighted by Gasteiger charge is 2.58. The fourth-order valence-corrected chi connectivity index (χ4v) is 7.34. The van der Waals surface area contributed by atoms with Gasteiger partial charge in [0.2, 0.25) is 11.8 Å². The minimum absolute atomic E-state index is 0.00730. The number of benzene rings is 2. The van der Waals surface area contributed by atoms with Crippen molar-refractivity contribution in [2.45, 2.75) is 70.4 Å². The van der Waals surface area contributed by atoms with Crippen LogP contribution in [0.15, 0.2) is 65.3 Å². The van der Waals surface area contributed by atoms with Gasteiger partial charge in [-0.2, -0.15) is 0 Å². The van der Waals surface area contributed by atoms with Crippen LogP contribution in [0.4, 0.5) is 4.39 Å². The number of phenolic OH excluding ortho intramolecular Hbond substituents is 1. The predicted molar refractivity (Wildman–Crippen MR) is 153 cm³/mol. The van der Waals surface area contributed by atoms with Crippen molar-refractivity contribution < 1.29 is 28.6 Å². The number of ether oxygens (including phenoxy) is 2. The molecule has 0 bridgehead atoms. The Kier molecular flexibility index (Phi) is 7.98. The summed E-state index contributed by atoms with van der Waals surface area (Å²) in [6, 6.07) is 14.1. The summed E-state index contributed by atoms with van der Waals surface area (Å²) >= 11 is 0. The van der Waals surface area contributed by atoms with Gasteiger partial charge in [0.1, 0.15) is 12.4 Å². The Morgan fingerprint density at radius 2 is 1.85 bits per heavy atom. The van der Waals surface area contributed by atoms with E-state index in [-0.39, 0.29) is 47.5 Å². The summed E-state index contributed by atoms with van der Waals surface area (Å²) in [5.41, 5.74) is 3.97. The first-order chi connectivity index (χ1) is 19.9. The second kappa shape index (κ2) is 11.8. The van der Waals surface area contributed by atoms with E-state index in [1.54, 1.807) is 11.0 Å². The SMILES string of the molecule is C/C(=C\c1ccc(O)c(F)c1)CC[C@H]1OC[C@H]2C1=C(COc1ccccc1)C[C@H]1C(=O)N(C3CCCCC3)C(=O)[C@H]12. The highest BCUT2D eigenvalue weighted by Crippen LogP contribution is 2.51. The van der Waals surface area contributed by atoms with E-state index in [1.807, 2.05) is 43.3 Å². The average Bonchev–Trinajstić information content (AvgIpc) is 3.51. The van der Waals surface area contributed by atoms with Crippen LogP contribution in [0, 0.1) is 23.6 Å². The molecule has 216 valence electrons. The van der Waals surface area contributed by atoms with Crippen LogP contribution in [-0.4, -0.2) is 47.2 Å². The lowest BCUT2D eigenvalue weighted by Crippen LogP contribution is -2.42. The number of nitrogens with zero attached hydrogens (tertiary/aromatic N) is 1. The van der Waals surface area contributed by atoms with Crippen LogP contribution in [0.1, 0.15) is 63.9 Å². The van der Waals surface area contributed by atoms with E-state index in [9.17, 15) is 19.1 Å². The van der Waals surface area contributed by atoms with Crippen molar-refractivity contribution in [1.82, 2.24) is 4.90 Å². The number of allylic oxidation sites excluding steroid dienone is 1. The monoisotopic (exact) mass is 559 g/mol. The molecule has 6 nitrogen and oxygen atoms in total. The van der Waals surface area contributed by atoms with Crippen molar-refractivity contribution in [2.24, 2.45) is 17.8 Å².